The Bertz CT molecular complexity index is 296. The van der Waals surface area contributed by atoms with E-state index in [4.69, 9.17) is 5.73 Å². The van der Waals surface area contributed by atoms with Crippen LogP contribution >= 0.6 is 0 Å². The molecule has 17 heavy (non-hydrogen) atoms. The second kappa shape index (κ2) is 5.49. The first-order chi connectivity index (χ1) is 7.85. The van der Waals surface area contributed by atoms with Crippen LogP contribution in [-0.2, 0) is 9.59 Å². The van der Waals surface area contributed by atoms with E-state index < -0.39 is 5.54 Å². The summed E-state index contributed by atoms with van der Waals surface area (Å²) in [6.07, 6.45) is 2.06. The first-order valence-corrected chi connectivity index (χ1v) is 6.20. The van der Waals surface area contributed by atoms with Gasteiger partial charge in [0.25, 0.3) is 0 Å². The minimum absolute atomic E-state index is 0.00282. The molecule has 1 fully saturated rings. The summed E-state index contributed by atoms with van der Waals surface area (Å²) in [5.74, 6) is 0.153. The van der Waals surface area contributed by atoms with E-state index in [1.54, 1.807) is 6.92 Å². The average Bonchev–Trinajstić information content (AvgIpc) is 3.06. The third-order valence-electron chi connectivity index (χ3n) is 3.15. The van der Waals surface area contributed by atoms with Crippen LogP contribution in [0, 0.1) is 11.8 Å². The fourth-order valence-corrected chi connectivity index (χ4v) is 1.62. The molecule has 1 atom stereocenters. The van der Waals surface area contributed by atoms with E-state index in [1.165, 1.54) is 0 Å². The van der Waals surface area contributed by atoms with Crippen LogP contribution < -0.4 is 16.4 Å². The summed E-state index contributed by atoms with van der Waals surface area (Å²) in [5, 5.41) is 5.50. The molecule has 0 aromatic rings. The highest BCUT2D eigenvalue weighted by molar-refractivity contribution is 5.86. The van der Waals surface area contributed by atoms with Gasteiger partial charge in [-0.1, -0.05) is 13.8 Å². The first kappa shape index (κ1) is 14.0. The second-order valence-corrected chi connectivity index (χ2v) is 5.26. The molecule has 1 saturated carbocycles. The number of hydrogen-bond acceptors (Lipinski definition) is 3. The predicted octanol–water partition coefficient (Wildman–Crippen LogP) is 0.00220. The quantitative estimate of drug-likeness (QED) is 0.572. The Balaban J connectivity index is 2.18. The lowest BCUT2D eigenvalue weighted by molar-refractivity contribution is -0.127. The van der Waals surface area contributed by atoms with E-state index in [1.807, 2.05) is 13.8 Å². The lowest BCUT2D eigenvalue weighted by atomic mass is 9.96. The van der Waals surface area contributed by atoms with Crippen molar-refractivity contribution in [3.05, 3.63) is 0 Å². The number of hydrogen-bond donors (Lipinski definition) is 3. The van der Waals surface area contributed by atoms with Crippen LogP contribution in [0.2, 0.25) is 0 Å². The van der Waals surface area contributed by atoms with Crippen molar-refractivity contribution in [2.45, 2.75) is 39.2 Å². The van der Waals surface area contributed by atoms with Gasteiger partial charge in [-0.15, -0.1) is 0 Å². The van der Waals surface area contributed by atoms with Crippen molar-refractivity contribution in [2.24, 2.45) is 17.6 Å². The molecule has 0 bridgehead atoms. The van der Waals surface area contributed by atoms with Crippen molar-refractivity contribution in [1.29, 1.82) is 0 Å². The molecule has 1 unspecified atom stereocenters. The van der Waals surface area contributed by atoms with Gasteiger partial charge in [0.15, 0.2) is 0 Å². The highest BCUT2D eigenvalue weighted by atomic mass is 16.2. The molecule has 1 aliphatic carbocycles. The Labute approximate surface area is 103 Å². The zero-order valence-electron chi connectivity index (χ0n) is 10.9. The lowest BCUT2D eigenvalue weighted by Gasteiger charge is -2.23. The van der Waals surface area contributed by atoms with Gasteiger partial charge < -0.3 is 16.4 Å². The standard InChI is InChI=1S/C12H23N3O2/c1-8(2)10(16)14-6-7-15-11(17)12(3,13)9-4-5-9/h8-9H,4-7,13H2,1-3H3,(H,14,16)(H,15,17). The predicted molar refractivity (Wildman–Crippen MR) is 66.2 cm³/mol. The van der Waals surface area contributed by atoms with Crippen LogP contribution in [0.3, 0.4) is 0 Å². The highest BCUT2D eigenvalue weighted by Gasteiger charge is 2.43. The van der Waals surface area contributed by atoms with Crippen LogP contribution in [0.15, 0.2) is 0 Å². The Morgan fingerprint density at radius 3 is 2.29 bits per heavy atom. The molecular weight excluding hydrogens is 218 g/mol. The lowest BCUT2D eigenvalue weighted by Crippen LogP contribution is -2.54. The van der Waals surface area contributed by atoms with Gasteiger partial charge in [-0.05, 0) is 25.7 Å². The van der Waals surface area contributed by atoms with Gasteiger partial charge in [-0.3, -0.25) is 9.59 Å². The molecule has 5 heteroatoms. The summed E-state index contributed by atoms with van der Waals surface area (Å²) < 4.78 is 0. The Morgan fingerprint density at radius 1 is 1.29 bits per heavy atom. The largest absolute Gasteiger partial charge is 0.354 e. The van der Waals surface area contributed by atoms with Crippen molar-refractivity contribution in [3.8, 4) is 0 Å². The number of amides is 2. The number of carbonyl (C=O) groups is 2. The van der Waals surface area contributed by atoms with E-state index in [0.29, 0.717) is 19.0 Å². The summed E-state index contributed by atoms with van der Waals surface area (Å²) in [5.41, 5.74) is 5.19. The van der Waals surface area contributed by atoms with Gasteiger partial charge in [0.2, 0.25) is 11.8 Å². The SMILES string of the molecule is CC(C)C(=O)NCCNC(=O)C(C)(N)C1CC1. The molecule has 98 valence electrons. The molecule has 1 aliphatic rings. The third kappa shape index (κ3) is 4.00. The molecule has 2 amide bonds. The van der Waals surface area contributed by atoms with Gasteiger partial charge in [-0.25, -0.2) is 0 Å². The summed E-state index contributed by atoms with van der Waals surface area (Å²) in [6, 6.07) is 0. The summed E-state index contributed by atoms with van der Waals surface area (Å²) >= 11 is 0. The van der Waals surface area contributed by atoms with Gasteiger partial charge in [-0.2, -0.15) is 0 Å². The minimum atomic E-state index is -0.762. The summed E-state index contributed by atoms with van der Waals surface area (Å²) in [4.78, 5) is 23.0. The maximum absolute atomic E-state index is 11.8. The highest BCUT2D eigenvalue weighted by Crippen LogP contribution is 2.37. The summed E-state index contributed by atoms with van der Waals surface area (Å²) in [7, 11) is 0. The van der Waals surface area contributed by atoms with Crippen LogP contribution in [0.25, 0.3) is 0 Å². The zero-order chi connectivity index (χ0) is 13.1. The molecule has 0 aromatic carbocycles. The smallest absolute Gasteiger partial charge is 0.240 e. The van der Waals surface area contributed by atoms with Crippen molar-refractivity contribution in [3.63, 3.8) is 0 Å². The fourth-order valence-electron chi connectivity index (χ4n) is 1.62. The van der Waals surface area contributed by atoms with Gasteiger partial charge in [0.05, 0.1) is 5.54 Å². The van der Waals surface area contributed by atoms with E-state index in [2.05, 4.69) is 10.6 Å². The molecule has 5 nitrogen and oxygen atoms in total. The molecule has 4 N–H and O–H groups in total. The molecule has 0 saturated heterocycles. The number of nitrogens with two attached hydrogens (primary N) is 1. The molecule has 0 heterocycles. The maximum atomic E-state index is 11.8. The van der Waals surface area contributed by atoms with Gasteiger partial charge in [0.1, 0.15) is 0 Å². The van der Waals surface area contributed by atoms with Crippen LogP contribution in [0.1, 0.15) is 33.6 Å². The average molecular weight is 241 g/mol. The van der Waals surface area contributed by atoms with Crippen molar-refractivity contribution < 1.29 is 9.59 Å². The topological polar surface area (TPSA) is 84.2 Å². The van der Waals surface area contributed by atoms with Crippen LogP contribution in [0.5, 0.6) is 0 Å². The maximum Gasteiger partial charge on any atom is 0.240 e. The van der Waals surface area contributed by atoms with E-state index in [0.717, 1.165) is 12.8 Å². The Morgan fingerprint density at radius 2 is 1.82 bits per heavy atom. The fraction of sp³-hybridized carbons (Fsp3) is 0.833. The van der Waals surface area contributed by atoms with E-state index in [-0.39, 0.29) is 17.7 Å². The number of carbonyl (C=O) groups excluding carboxylic acids is 2. The zero-order valence-corrected chi connectivity index (χ0v) is 10.9. The molecule has 0 spiro atoms. The van der Waals surface area contributed by atoms with Crippen molar-refractivity contribution in [1.82, 2.24) is 10.6 Å². The second-order valence-electron chi connectivity index (χ2n) is 5.26. The molecule has 0 aliphatic heterocycles. The molecular formula is C12H23N3O2. The monoisotopic (exact) mass is 241 g/mol. The Kier molecular flexibility index (Phi) is 4.51. The molecule has 0 aromatic heterocycles. The number of nitrogens with one attached hydrogen (secondary N) is 2. The Hall–Kier alpha value is -1.10. The first-order valence-electron chi connectivity index (χ1n) is 6.20. The van der Waals surface area contributed by atoms with Crippen molar-refractivity contribution >= 4 is 11.8 Å². The minimum Gasteiger partial charge on any atom is -0.354 e. The van der Waals surface area contributed by atoms with Crippen LogP contribution in [0.4, 0.5) is 0 Å². The normalized spacial score (nSPS) is 18.6. The van der Waals surface area contributed by atoms with E-state index >= 15 is 0 Å². The van der Waals surface area contributed by atoms with Gasteiger partial charge >= 0.3 is 0 Å². The van der Waals surface area contributed by atoms with Crippen LogP contribution in [-0.4, -0.2) is 30.4 Å². The van der Waals surface area contributed by atoms with E-state index in [9.17, 15) is 9.59 Å². The third-order valence-corrected chi connectivity index (χ3v) is 3.15. The molecule has 1 rings (SSSR count). The van der Waals surface area contributed by atoms with Gasteiger partial charge in [0, 0.05) is 19.0 Å². The number of rotatable bonds is 6. The van der Waals surface area contributed by atoms with Crippen molar-refractivity contribution in [2.75, 3.05) is 13.1 Å². The molecule has 0 radical (unpaired) electrons. The summed E-state index contributed by atoms with van der Waals surface area (Å²) in [6.45, 7) is 6.31.